The Labute approximate surface area is 280 Å². The minimum atomic E-state index is -4.31. The van der Waals surface area contributed by atoms with Crippen LogP contribution in [-0.2, 0) is 10.0 Å². The van der Waals surface area contributed by atoms with E-state index in [4.69, 9.17) is 9.72 Å². The summed E-state index contributed by atoms with van der Waals surface area (Å²) in [6, 6.07) is 9.28. The zero-order valence-corrected chi connectivity index (χ0v) is 28.6. The van der Waals surface area contributed by atoms with Crippen LogP contribution < -0.4 is 19.7 Å². The maximum Gasteiger partial charge on any atom is 0.393 e. The maximum absolute atomic E-state index is 13.7. The monoisotopic (exact) mass is 685 g/mol. The van der Waals surface area contributed by atoms with Crippen LogP contribution in [0.5, 0.6) is 5.88 Å². The van der Waals surface area contributed by atoms with Crippen molar-refractivity contribution in [3.05, 3.63) is 48.2 Å². The number of halogens is 3. The van der Waals surface area contributed by atoms with E-state index < -0.39 is 38.3 Å². The molecule has 1 unspecified atom stereocenters. The predicted molar refractivity (Wildman–Crippen MR) is 180 cm³/mol. The number of pyridine rings is 2. The lowest BCUT2D eigenvalue weighted by Crippen LogP contribution is -2.41. The molecule has 0 spiro atoms. The molecule has 2 aliphatic heterocycles. The molecule has 2 atom stereocenters. The number of ether oxygens (including phenoxy) is 1. The molecule has 2 fully saturated rings. The fourth-order valence-electron chi connectivity index (χ4n) is 7.19. The van der Waals surface area contributed by atoms with Crippen LogP contribution in [0.25, 0.3) is 5.82 Å². The van der Waals surface area contributed by atoms with Crippen LogP contribution in [0.2, 0.25) is 5.21 Å². The third kappa shape index (κ3) is 6.37. The van der Waals surface area contributed by atoms with Crippen LogP contribution in [-0.4, -0.2) is 81.2 Å². The summed E-state index contributed by atoms with van der Waals surface area (Å²) >= 11 is 0. The van der Waals surface area contributed by atoms with Crippen molar-refractivity contribution in [2.45, 2.75) is 74.8 Å². The Hall–Kier alpha value is -3.75. The number of anilines is 2. The lowest BCUT2D eigenvalue weighted by Gasteiger charge is -2.36. The molecule has 48 heavy (non-hydrogen) atoms. The third-order valence-electron chi connectivity index (χ3n) is 10.6. The summed E-state index contributed by atoms with van der Waals surface area (Å²) < 4.78 is 77.2. The summed E-state index contributed by atoms with van der Waals surface area (Å²) in [5.41, 5.74) is -2.00. The molecule has 3 aromatic heterocycles. The van der Waals surface area contributed by atoms with Crippen LogP contribution >= 0.6 is 0 Å². The highest BCUT2D eigenvalue weighted by Gasteiger charge is 2.69. The predicted octanol–water partition coefficient (Wildman–Crippen LogP) is 3.33. The van der Waals surface area contributed by atoms with Crippen molar-refractivity contribution < 1.29 is 31.1 Å². The van der Waals surface area contributed by atoms with E-state index >= 15 is 0 Å². The van der Waals surface area contributed by atoms with Gasteiger partial charge >= 0.3 is 6.18 Å². The average Bonchev–Trinajstić information content (AvgIpc) is 3.63. The number of aromatic nitrogens is 4. The number of rotatable bonds is 6. The van der Waals surface area contributed by atoms with Gasteiger partial charge in [0, 0.05) is 30.9 Å². The van der Waals surface area contributed by atoms with Gasteiger partial charge in [0.2, 0.25) is 5.88 Å². The highest BCUT2D eigenvalue weighted by Crippen LogP contribution is 2.69. The molecule has 3 aliphatic rings. The molecule has 5 heterocycles. The van der Waals surface area contributed by atoms with E-state index in [-0.39, 0.29) is 48.3 Å². The molecule has 6 rings (SSSR count). The summed E-state index contributed by atoms with van der Waals surface area (Å²) in [6.07, 6.45) is -0.523. The van der Waals surface area contributed by atoms with Gasteiger partial charge in [-0.1, -0.05) is 18.2 Å². The first-order chi connectivity index (χ1) is 22.4. The van der Waals surface area contributed by atoms with E-state index in [1.165, 1.54) is 16.8 Å². The summed E-state index contributed by atoms with van der Waals surface area (Å²) in [4.78, 5) is 24.8. The summed E-state index contributed by atoms with van der Waals surface area (Å²) in [5.74, 6) is 1.05. The number of alkyl halides is 3. The molecule has 1 amide bonds. The van der Waals surface area contributed by atoms with Crippen molar-refractivity contribution in [2.75, 3.05) is 29.9 Å². The molecule has 256 valence electrons. The summed E-state index contributed by atoms with van der Waals surface area (Å²) in [7, 11) is -1.05. The first-order valence-corrected chi connectivity index (χ1v) is 17.7. The molecule has 17 heteroatoms. The van der Waals surface area contributed by atoms with Crippen LogP contribution in [0.4, 0.5) is 24.8 Å². The number of nitrogens with one attached hydrogen (secondary N) is 2. The Balaban J connectivity index is 1.29. The molecule has 0 aromatic carbocycles. The van der Waals surface area contributed by atoms with Crippen LogP contribution in [0.15, 0.2) is 47.6 Å². The van der Waals surface area contributed by atoms with Crippen LogP contribution in [0.3, 0.4) is 0 Å². The largest absolute Gasteiger partial charge is 0.477 e. The zero-order chi connectivity index (χ0) is 34.7. The van der Waals surface area contributed by atoms with Crippen molar-refractivity contribution in [2.24, 2.45) is 17.3 Å². The minimum Gasteiger partial charge on any atom is -0.477 e. The lowest BCUT2D eigenvalue weighted by molar-refractivity contribution is -0.192. The SMILES string of the molecule is BC(B)(CCOc1ccn(-c2ccc3c(n2)N2CC(CC2(C)C)[C@@H](C)CCNc2cccc(n2)S(=O)(=O)NC3=O)n1)C1(C(F)(F)F)CC1. The number of fused-ring (bicyclic) bond motifs is 6. The number of carbonyl (C=O) groups is 1. The van der Waals surface area contributed by atoms with Gasteiger partial charge in [0.25, 0.3) is 15.9 Å². The zero-order valence-electron chi connectivity index (χ0n) is 27.8. The molecule has 1 saturated heterocycles. The number of carbonyl (C=O) groups excluding carboxylic acids is 1. The lowest BCUT2D eigenvalue weighted by atomic mass is 9.45. The molecule has 4 bridgehead atoms. The Morgan fingerprint density at radius 3 is 2.56 bits per heavy atom. The normalized spacial score (nSPS) is 23.2. The van der Waals surface area contributed by atoms with E-state index in [1.807, 2.05) is 0 Å². The second kappa shape index (κ2) is 12.0. The van der Waals surface area contributed by atoms with Gasteiger partial charge in [-0.2, -0.15) is 21.6 Å². The highest BCUT2D eigenvalue weighted by molar-refractivity contribution is 7.90. The molecule has 0 radical (unpaired) electrons. The van der Waals surface area contributed by atoms with E-state index in [9.17, 15) is 26.4 Å². The van der Waals surface area contributed by atoms with Crippen LogP contribution in [0.1, 0.15) is 63.2 Å². The molecule has 11 nitrogen and oxygen atoms in total. The Morgan fingerprint density at radius 2 is 1.85 bits per heavy atom. The van der Waals surface area contributed by atoms with Gasteiger partial charge < -0.3 is 15.0 Å². The van der Waals surface area contributed by atoms with Crippen molar-refractivity contribution >= 4 is 43.3 Å². The third-order valence-corrected chi connectivity index (χ3v) is 11.8. The highest BCUT2D eigenvalue weighted by atomic mass is 32.2. The van der Waals surface area contributed by atoms with E-state index in [1.54, 1.807) is 46.2 Å². The Kier molecular flexibility index (Phi) is 8.52. The van der Waals surface area contributed by atoms with Gasteiger partial charge in [-0.3, -0.25) is 4.79 Å². The smallest absolute Gasteiger partial charge is 0.393 e. The Morgan fingerprint density at radius 1 is 1.10 bits per heavy atom. The second-order valence-corrected chi connectivity index (χ2v) is 16.2. The van der Waals surface area contributed by atoms with Gasteiger partial charge in [0.15, 0.2) is 10.8 Å². The van der Waals surface area contributed by atoms with E-state index in [0.717, 1.165) is 12.8 Å². The molecular weight excluding hydrogens is 645 g/mol. The number of sulfonamides is 1. The van der Waals surface area contributed by atoms with Crippen molar-refractivity contribution in [1.82, 2.24) is 24.5 Å². The standard InChI is InChI=1S/C31H40B2F3N7O4S/c1-19-9-14-37-22-5-4-6-25(38-22)48(45,46)41-27(44)21-7-8-23(39-26(21)42-18-20(19)17-28(42,2)3)43-15-10-24(40-43)47-16-13-30(32,33)29(11-12-29)31(34,35)36/h4-8,10,15,19-20H,9,11-14,16-18,32-33H2,1-3H3,(H,37,38)(H,41,44)/t19-,20?/m0/s1. The second-order valence-electron chi connectivity index (χ2n) is 14.6. The van der Waals surface area contributed by atoms with E-state index in [2.05, 4.69) is 45.8 Å². The summed E-state index contributed by atoms with van der Waals surface area (Å²) in [6.45, 7) is 7.61. The quantitative estimate of drug-likeness (QED) is 0.376. The maximum atomic E-state index is 13.7. The van der Waals surface area contributed by atoms with Gasteiger partial charge in [-0.15, -0.1) is 5.10 Å². The van der Waals surface area contributed by atoms with Gasteiger partial charge in [-0.25, -0.2) is 19.4 Å². The first kappa shape index (κ1) is 34.1. The van der Waals surface area contributed by atoms with Gasteiger partial charge in [0.1, 0.15) is 27.3 Å². The Bertz CT molecular complexity index is 1810. The molecular formula is C31H40B2F3N7O4S. The topological polar surface area (TPSA) is 131 Å². The molecule has 3 aromatic rings. The van der Waals surface area contributed by atoms with Crippen molar-refractivity contribution in [3.8, 4) is 11.7 Å². The fraction of sp³-hybridized carbons (Fsp3) is 0.548. The van der Waals surface area contributed by atoms with Gasteiger partial charge in [-0.05, 0) is 82.1 Å². The number of amides is 1. The van der Waals surface area contributed by atoms with E-state index in [0.29, 0.717) is 36.5 Å². The molecule has 2 N–H and O–H groups in total. The van der Waals surface area contributed by atoms with Gasteiger partial charge in [0.05, 0.1) is 17.6 Å². The van der Waals surface area contributed by atoms with Crippen molar-refractivity contribution in [1.29, 1.82) is 0 Å². The average molecular weight is 685 g/mol. The van der Waals surface area contributed by atoms with Crippen LogP contribution in [0, 0.1) is 17.3 Å². The first-order valence-electron chi connectivity index (χ1n) is 16.2. The molecule has 1 saturated carbocycles. The summed E-state index contributed by atoms with van der Waals surface area (Å²) in [5, 5.41) is 6.40. The van der Waals surface area contributed by atoms with Crippen molar-refractivity contribution in [3.63, 3.8) is 0 Å². The number of nitrogens with zero attached hydrogens (tertiary/aromatic N) is 5. The molecule has 1 aliphatic carbocycles. The number of hydrogen-bond donors (Lipinski definition) is 2. The minimum absolute atomic E-state index is 0.0585. The fourth-order valence-corrected chi connectivity index (χ4v) is 8.12. The number of hydrogen-bond acceptors (Lipinski definition) is 9.